The zero-order chi connectivity index (χ0) is 27.9. The van der Waals surface area contributed by atoms with Gasteiger partial charge in [-0.05, 0) is 59.4 Å². The summed E-state index contributed by atoms with van der Waals surface area (Å²) in [6, 6.07) is 21.7. The molecule has 0 radical (unpaired) electrons. The molecule has 0 spiro atoms. The summed E-state index contributed by atoms with van der Waals surface area (Å²) in [6.07, 6.45) is 0.554. The summed E-state index contributed by atoms with van der Waals surface area (Å²) in [5.74, 6) is -0.0642. The highest BCUT2D eigenvalue weighted by Crippen LogP contribution is 2.41. The van der Waals surface area contributed by atoms with Crippen molar-refractivity contribution in [2.24, 2.45) is 0 Å². The Balaban J connectivity index is 1.71. The standard InChI is InChI=1S/C32H35NO6/c1-21(2)26-19-24(13-16-27(26)38-4)30(34)28-29(33(17-8-18-37-3)32(36)31(28)35)23-11-14-25(15-12-23)39-20-22-9-6-5-7-10-22/h5-7,9-16,19,21,29,34H,8,17-18,20H2,1-4H3/b30-28-. The van der Waals surface area contributed by atoms with Crippen LogP contribution in [0.5, 0.6) is 11.5 Å². The minimum Gasteiger partial charge on any atom is -0.507 e. The summed E-state index contributed by atoms with van der Waals surface area (Å²) in [4.78, 5) is 28.0. The molecule has 1 heterocycles. The first kappa shape index (κ1) is 27.9. The second-order valence-corrected chi connectivity index (χ2v) is 9.79. The molecular formula is C32H35NO6. The van der Waals surface area contributed by atoms with E-state index in [4.69, 9.17) is 14.2 Å². The van der Waals surface area contributed by atoms with Crippen LogP contribution in [0, 0.1) is 0 Å². The normalized spacial score (nSPS) is 16.6. The van der Waals surface area contributed by atoms with E-state index in [0.717, 1.165) is 11.1 Å². The van der Waals surface area contributed by atoms with E-state index in [1.165, 1.54) is 4.90 Å². The Bertz CT molecular complexity index is 1330. The molecule has 0 aromatic heterocycles. The predicted molar refractivity (Wildman–Crippen MR) is 150 cm³/mol. The molecule has 0 aliphatic carbocycles. The quantitative estimate of drug-likeness (QED) is 0.145. The van der Waals surface area contributed by atoms with Gasteiger partial charge in [-0.3, -0.25) is 9.59 Å². The Kier molecular flexibility index (Phi) is 9.04. The number of ether oxygens (including phenoxy) is 3. The van der Waals surface area contributed by atoms with Gasteiger partial charge in [0.25, 0.3) is 11.7 Å². The highest BCUT2D eigenvalue weighted by molar-refractivity contribution is 6.46. The number of rotatable bonds is 11. The molecule has 3 aromatic carbocycles. The Hall–Kier alpha value is -4.10. The molecule has 4 rings (SSSR count). The van der Waals surface area contributed by atoms with Crippen molar-refractivity contribution in [2.75, 3.05) is 27.4 Å². The van der Waals surface area contributed by atoms with Crippen LogP contribution in [0.25, 0.3) is 5.76 Å². The number of methoxy groups -OCH3 is 2. The molecule has 3 aromatic rings. The minimum atomic E-state index is -0.741. The summed E-state index contributed by atoms with van der Waals surface area (Å²) < 4.78 is 16.6. The number of nitrogens with zero attached hydrogens (tertiary/aromatic N) is 1. The van der Waals surface area contributed by atoms with Gasteiger partial charge >= 0.3 is 0 Å². The van der Waals surface area contributed by atoms with Crippen molar-refractivity contribution in [1.82, 2.24) is 4.90 Å². The van der Waals surface area contributed by atoms with E-state index in [1.807, 2.05) is 74.5 Å². The SMILES string of the molecule is COCCCN1C(=O)C(=O)/C(=C(\O)c2ccc(OC)c(C(C)C)c2)C1c1ccc(OCc2ccccc2)cc1. The van der Waals surface area contributed by atoms with Crippen LogP contribution in [0.1, 0.15) is 54.5 Å². The Morgan fingerprint density at radius 2 is 1.69 bits per heavy atom. The van der Waals surface area contributed by atoms with Crippen LogP contribution in [0.3, 0.4) is 0 Å². The predicted octanol–water partition coefficient (Wildman–Crippen LogP) is 5.86. The van der Waals surface area contributed by atoms with E-state index in [0.29, 0.717) is 48.8 Å². The van der Waals surface area contributed by atoms with Crippen molar-refractivity contribution < 1.29 is 28.9 Å². The van der Waals surface area contributed by atoms with Gasteiger partial charge in [-0.2, -0.15) is 0 Å². The van der Waals surface area contributed by atoms with Gasteiger partial charge in [-0.25, -0.2) is 0 Å². The lowest BCUT2D eigenvalue weighted by Crippen LogP contribution is -2.31. The number of carbonyl (C=O) groups excluding carboxylic acids is 2. The van der Waals surface area contributed by atoms with E-state index < -0.39 is 17.7 Å². The van der Waals surface area contributed by atoms with Crippen molar-refractivity contribution in [2.45, 2.75) is 38.8 Å². The number of aliphatic hydroxyl groups is 1. The number of carbonyl (C=O) groups is 2. The largest absolute Gasteiger partial charge is 0.507 e. The molecule has 7 heteroatoms. The van der Waals surface area contributed by atoms with E-state index >= 15 is 0 Å². The van der Waals surface area contributed by atoms with E-state index in [1.54, 1.807) is 26.4 Å². The van der Waals surface area contributed by atoms with Crippen LogP contribution in [0.4, 0.5) is 0 Å². The maximum Gasteiger partial charge on any atom is 0.295 e. The average Bonchev–Trinajstić information content (AvgIpc) is 3.21. The molecule has 1 fully saturated rings. The number of Topliss-reactive ketones (excluding diaryl/α,β-unsaturated/α-hetero) is 1. The Morgan fingerprint density at radius 1 is 0.974 bits per heavy atom. The Morgan fingerprint density at radius 3 is 2.33 bits per heavy atom. The smallest absolute Gasteiger partial charge is 0.295 e. The molecule has 39 heavy (non-hydrogen) atoms. The lowest BCUT2D eigenvalue weighted by molar-refractivity contribution is -0.140. The molecule has 7 nitrogen and oxygen atoms in total. The van der Waals surface area contributed by atoms with Gasteiger partial charge in [0.2, 0.25) is 0 Å². The first-order valence-corrected chi connectivity index (χ1v) is 13.1. The summed E-state index contributed by atoms with van der Waals surface area (Å²) >= 11 is 0. The highest BCUT2D eigenvalue weighted by Gasteiger charge is 2.45. The zero-order valence-corrected chi connectivity index (χ0v) is 22.8. The number of benzene rings is 3. The lowest BCUT2D eigenvalue weighted by Gasteiger charge is -2.25. The van der Waals surface area contributed by atoms with Crippen molar-refractivity contribution in [3.8, 4) is 11.5 Å². The fourth-order valence-corrected chi connectivity index (χ4v) is 4.81. The van der Waals surface area contributed by atoms with Crippen LogP contribution >= 0.6 is 0 Å². The summed E-state index contributed by atoms with van der Waals surface area (Å²) in [7, 11) is 3.19. The van der Waals surface area contributed by atoms with Crippen LogP contribution < -0.4 is 9.47 Å². The van der Waals surface area contributed by atoms with Crippen molar-refractivity contribution in [3.63, 3.8) is 0 Å². The topological polar surface area (TPSA) is 85.3 Å². The zero-order valence-electron chi connectivity index (χ0n) is 22.8. The molecule has 1 aliphatic heterocycles. The first-order valence-electron chi connectivity index (χ1n) is 13.1. The minimum absolute atomic E-state index is 0.0650. The number of hydrogen-bond acceptors (Lipinski definition) is 6. The van der Waals surface area contributed by atoms with Gasteiger partial charge < -0.3 is 24.2 Å². The molecule has 1 unspecified atom stereocenters. The average molecular weight is 530 g/mol. The molecular weight excluding hydrogens is 494 g/mol. The molecule has 0 saturated carbocycles. The number of ketones is 1. The maximum absolute atomic E-state index is 13.3. The number of amides is 1. The summed E-state index contributed by atoms with van der Waals surface area (Å²) in [5, 5.41) is 11.5. The van der Waals surface area contributed by atoms with Gasteiger partial charge in [-0.15, -0.1) is 0 Å². The third-order valence-electron chi connectivity index (χ3n) is 6.86. The van der Waals surface area contributed by atoms with Gasteiger partial charge in [-0.1, -0.05) is 56.3 Å². The second-order valence-electron chi connectivity index (χ2n) is 9.79. The van der Waals surface area contributed by atoms with Gasteiger partial charge in [0.1, 0.15) is 23.9 Å². The van der Waals surface area contributed by atoms with Crippen molar-refractivity contribution in [1.29, 1.82) is 0 Å². The fourth-order valence-electron chi connectivity index (χ4n) is 4.81. The van der Waals surface area contributed by atoms with E-state index in [-0.39, 0.29) is 17.3 Å². The van der Waals surface area contributed by atoms with Crippen LogP contribution in [0.15, 0.2) is 78.4 Å². The molecule has 1 N–H and O–H groups in total. The van der Waals surface area contributed by atoms with Crippen molar-refractivity contribution >= 4 is 17.4 Å². The molecule has 204 valence electrons. The van der Waals surface area contributed by atoms with Crippen LogP contribution in [-0.2, 0) is 20.9 Å². The Labute approximate surface area is 229 Å². The second kappa shape index (κ2) is 12.6. The van der Waals surface area contributed by atoms with Crippen LogP contribution in [0.2, 0.25) is 0 Å². The molecule has 1 aliphatic rings. The van der Waals surface area contributed by atoms with Gasteiger partial charge in [0, 0.05) is 25.8 Å². The summed E-state index contributed by atoms with van der Waals surface area (Å²) in [5.41, 5.74) is 3.18. The van der Waals surface area contributed by atoms with E-state index in [9.17, 15) is 14.7 Å². The monoisotopic (exact) mass is 529 g/mol. The molecule has 1 saturated heterocycles. The fraction of sp³-hybridized carbons (Fsp3) is 0.312. The van der Waals surface area contributed by atoms with Gasteiger partial charge in [0.05, 0.1) is 18.7 Å². The molecule has 1 atom stereocenters. The van der Waals surface area contributed by atoms with E-state index in [2.05, 4.69) is 0 Å². The first-order chi connectivity index (χ1) is 18.8. The third-order valence-corrected chi connectivity index (χ3v) is 6.86. The lowest BCUT2D eigenvalue weighted by atomic mass is 9.93. The summed E-state index contributed by atoms with van der Waals surface area (Å²) in [6.45, 7) is 5.23. The highest BCUT2D eigenvalue weighted by atomic mass is 16.5. The molecule has 0 bridgehead atoms. The van der Waals surface area contributed by atoms with Crippen LogP contribution in [-0.4, -0.2) is 49.1 Å². The van der Waals surface area contributed by atoms with Crippen molar-refractivity contribution in [3.05, 3.63) is 101 Å². The number of aliphatic hydroxyl groups excluding tert-OH is 1. The number of hydrogen-bond donors (Lipinski definition) is 1. The van der Waals surface area contributed by atoms with Gasteiger partial charge in [0.15, 0.2) is 0 Å². The molecule has 1 amide bonds. The maximum atomic E-state index is 13.3. The third kappa shape index (κ3) is 6.15. The number of likely N-dealkylation sites (tertiary alicyclic amines) is 1.